The molecule has 0 spiro atoms. The Morgan fingerprint density at radius 2 is 1.73 bits per heavy atom. The molecular formula is C17H14N2O2S. The molecule has 0 fully saturated rings. The Kier molecular flexibility index (Phi) is 4.16. The lowest BCUT2D eigenvalue weighted by molar-refractivity contribution is 0.102. The van der Waals surface area contributed by atoms with Crippen LogP contribution in [0.15, 0.2) is 60.0 Å². The molecule has 4 nitrogen and oxygen atoms in total. The van der Waals surface area contributed by atoms with Crippen molar-refractivity contribution in [2.24, 2.45) is 0 Å². The van der Waals surface area contributed by atoms with Crippen molar-refractivity contribution in [2.75, 3.05) is 5.32 Å². The number of hydrogen-bond acceptors (Lipinski definition) is 4. The van der Waals surface area contributed by atoms with Gasteiger partial charge in [-0.3, -0.25) is 4.79 Å². The fourth-order valence-electron chi connectivity index (χ4n) is 1.89. The van der Waals surface area contributed by atoms with Crippen LogP contribution < -0.4 is 10.1 Å². The second-order valence-electron chi connectivity index (χ2n) is 4.65. The van der Waals surface area contributed by atoms with Crippen molar-refractivity contribution >= 4 is 22.9 Å². The summed E-state index contributed by atoms with van der Waals surface area (Å²) in [5.74, 6) is 1.28. The standard InChI is InChI=1S/C17H14N2O2S/c1-12-18-16(11-22-12)17(20)19-13-7-9-15(10-8-13)21-14-5-3-2-4-6-14/h2-11H,1H3,(H,19,20). The summed E-state index contributed by atoms with van der Waals surface area (Å²) in [6.07, 6.45) is 0. The van der Waals surface area contributed by atoms with E-state index in [1.54, 1.807) is 17.5 Å². The van der Waals surface area contributed by atoms with Gasteiger partial charge in [-0.15, -0.1) is 11.3 Å². The van der Waals surface area contributed by atoms with Gasteiger partial charge in [0, 0.05) is 11.1 Å². The van der Waals surface area contributed by atoms with E-state index in [0.717, 1.165) is 10.8 Å². The van der Waals surface area contributed by atoms with Gasteiger partial charge in [0.2, 0.25) is 0 Å². The Morgan fingerprint density at radius 3 is 2.36 bits per heavy atom. The van der Waals surface area contributed by atoms with Crippen molar-refractivity contribution in [3.8, 4) is 11.5 Å². The van der Waals surface area contributed by atoms with Crippen LogP contribution in [0.5, 0.6) is 11.5 Å². The van der Waals surface area contributed by atoms with E-state index in [9.17, 15) is 4.79 Å². The maximum atomic E-state index is 12.0. The van der Waals surface area contributed by atoms with Gasteiger partial charge in [0.15, 0.2) is 0 Å². The lowest BCUT2D eigenvalue weighted by Gasteiger charge is -2.07. The van der Waals surface area contributed by atoms with Gasteiger partial charge in [-0.2, -0.15) is 0 Å². The fourth-order valence-corrected chi connectivity index (χ4v) is 2.49. The minimum absolute atomic E-state index is 0.207. The van der Waals surface area contributed by atoms with Gasteiger partial charge in [0.1, 0.15) is 17.2 Å². The summed E-state index contributed by atoms with van der Waals surface area (Å²) < 4.78 is 5.70. The van der Waals surface area contributed by atoms with Crippen molar-refractivity contribution in [2.45, 2.75) is 6.92 Å². The summed E-state index contributed by atoms with van der Waals surface area (Å²) in [6.45, 7) is 1.87. The molecule has 1 amide bonds. The van der Waals surface area contributed by atoms with Crippen LogP contribution in [0.3, 0.4) is 0 Å². The zero-order valence-electron chi connectivity index (χ0n) is 11.9. The third kappa shape index (κ3) is 3.51. The highest BCUT2D eigenvalue weighted by Crippen LogP contribution is 2.23. The minimum atomic E-state index is -0.207. The molecule has 0 aliphatic carbocycles. The summed E-state index contributed by atoms with van der Waals surface area (Å²) in [6, 6.07) is 16.8. The normalized spacial score (nSPS) is 10.2. The number of nitrogens with one attached hydrogen (secondary N) is 1. The molecule has 1 aromatic heterocycles. The number of benzene rings is 2. The Hall–Kier alpha value is -2.66. The lowest BCUT2D eigenvalue weighted by Crippen LogP contribution is -2.12. The van der Waals surface area contributed by atoms with Crippen molar-refractivity contribution in [3.05, 3.63) is 70.7 Å². The largest absolute Gasteiger partial charge is 0.457 e. The number of carbonyl (C=O) groups is 1. The van der Waals surface area contributed by atoms with E-state index in [4.69, 9.17) is 4.74 Å². The molecule has 0 saturated heterocycles. The molecular weight excluding hydrogens is 296 g/mol. The second-order valence-corrected chi connectivity index (χ2v) is 5.71. The number of aryl methyl sites for hydroxylation is 1. The summed E-state index contributed by atoms with van der Waals surface area (Å²) >= 11 is 1.46. The van der Waals surface area contributed by atoms with E-state index in [0.29, 0.717) is 17.1 Å². The average Bonchev–Trinajstić information content (AvgIpc) is 2.97. The molecule has 1 heterocycles. The van der Waals surface area contributed by atoms with Gasteiger partial charge in [0.05, 0.1) is 5.01 Å². The molecule has 3 rings (SSSR count). The highest BCUT2D eigenvalue weighted by atomic mass is 32.1. The van der Waals surface area contributed by atoms with E-state index >= 15 is 0 Å². The van der Waals surface area contributed by atoms with E-state index in [2.05, 4.69) is 10.3 Å². The van der Waals surface area contributed by atoms with Crippen LogP contribution in [0.2, 0.25) is 0 Å². The first-order chi connectivity index (χ1) is 10.7. The predicted octanol–water partition coefficient (Wildman–Crippen LogP) is 4.50. The molecule has 0 unspecified atom stereocenters. The van der Waals surface area contributed by atoms with Crippen LogP contribution in [0, 0.1) is 6.92 Å². The van der Waals surface area contributed by atoms with Crippen LogP contribution >= 0.6 is 11.3 Å². The minimum Gasteiger partial charge on any atom is -0.457 e. The molecule has 0 saturated carbocycles. The second kappa shape index (κ2) is 6.41. The van der Waals surface area contributed by atoms with Crippen molar-refractivity contribution in [3.63, 3.8) is 0 Å². The Labute approximate surface area is 132 Å². The number of ether oxygens (including phenoxy) is 1. The molecule has 0 bridgehead atoms. The molecule has 5 heteroatoms. The number of anilines is 1. The molecule has 1 N–H and O–H groups in total. The number of carbonyl (C=O) groups excluding carboxylic acids is 1. The molecule has 0 aliphatic rings. The Bertz CT molecular complexity index is 767. The fraction of sp³-hybridized carbons (Fsp3) is 0.0588. The van der Waals surface area contributed by atoms with E-state index in [-0.39, 0.29) is 5.91 Å². The number of para-hydroxylation sites is 1. The predicted molar refractivity (Wildman–Crippen MR) is 87.8 cm³/mol. The van der Waals surface area contributed by atoms with Crippen molar-refractivity contribution in [1.82, 2.24) is 4.98 Å². The monoisotopic (exact) mass is 310 g/mol. The quantitative estimate of drug-likeness (QED) is 0.772. The summed E-state index contributed by atoms with van der Waals surface area (Å²) in [5, 5.41) is 5.43. The maximum Gasteiger partial charge on any atom is 0.275 e. The Balaban J connectivity index is 1.65. The zero-order valence-corrected chi connectivity index (χ0v) is 12.8. The van der Waals surface area contributed by atoms with Gasteiger partial charge >= 0.3 is 0 Å². The number of rotatable bonds is 4. The van der Waals surface area contributed by atoms with E-state index in [1.165, 1.54) is 11.3 Å². The smallest absolute Gasteiger partial charge is 0.275 e. The maximum absolute atomic E-state index is 12.0. The highest BCUT2D eigenvalue weighted by molar-refractivity contribution is 7.09. The lowest BCUT2D eigenvalue weighted by atomic mass is 10.3. The van der Waals surface area contributed by atoms with Crippen LogP contribution in [0.1, 0.15) is 15.5 Å². The van der Waals surface area contributed by atoms with Gasteiger partial charge in [-0.25, -0.2) is 4.98 Å². The molecule has 110 valence electrons. The zero-order chi connectivity index (χ0) is 15.4. The molecule has 0 radical (unpaired) electrons. The first-order valence-corrected chi connectivity index (χ1v) is 7.65. The molecule has 3 aromatic rings. The number of thiazole rings is 1. The van der Waals surface area contributed by atoms with Crippen molar-refractivity contribution in [1.29, 1.82) is 0 Å². The van der Waals surface area contributed by atoms with Gasteiger partial charge in [-0.1, -0.05) is 18.2 Å². The molecule has 0 atom stereocenters. The summed E-state index contributed by atoms with van der Waals surface area (Å²) in [5.41, 5.74) is 1.14. The van der Waals surface area contributed by atoms with Gasteiger partial charge in [-0.05, 0) is 43.3 Å². The van der Waals surface area contributed by atoms with E-state index in [1.807, 2.05) is 49.4 Å². The molecule has 2 aromatic carbocycles. The SMILES string of the molecule is Cc1nc(C(=O)Nc2ccc(Oc3ccccc3)cc2)cs1. The van der Waals surface area contributed by atoms with Crippen LogP contribution in [-0.2, 0) is 0 Å². The first kappa shape index (κ1) is 14.3. The first-order valence-electron chi connectivity index (χ1n) is 6.77. The summed E-state index contributed by atoms with van der Waals surface area (Å²) in [4.78, 5) is 16.2. The number of amides is 1. The van der Waals surface area contributed by atoms with Crippen molar-refractivity contribution < 1.29 is 9.53 Å². The molecule has 22 heavy (non-hydrogen) atoms. The van der Waals surface area contributed by atoms with Gasteiger partial charge in [0.25, 0.3) is 5.91 Å². The van der Waals surface area contributed by atoms with E-state index < -0.39 is 0 Å². The topological polar surface area (TPSA) is 51.2 Å². The average molecular weight is 310 g/mol. The third-order valence-electron chi connectivity index (χ3n) is 2.94. The van der Waals surface area contributed by atoms with Crippen LogP contribution in [0.4, 0.5) is 5.69 Å². The third-order valence-corrected chi connectivity index (χ3v) is 3.72. The molecule has 0 aliphatic heterocycles. The number of nitrogens with zero attached hydrogens (tertiary/aromatic N) is 1. The summed E-state index contributed by atoms with van der Waals surface area (Å²) in [7, 11) is 0. The van der Waals surface area contributed by atoms with Crippen LogP contribution in [-0.4, -0.2) is 10.9 Å². The highest BCUT2D eigenvalue weighted by Gasteiger charge is 2.09. The Morgan fingerprint density at radius 1 is 1.05 bits per heavy atom. The van der Waals surface area contributed by atoms with Gasteiger partial charge < -0.3 is 10.1 Å². The number of hydrogen-bond donors (Lipinski definition) is 1. The number of aromatic nitrogens is 1. The van der Waals surface area contributed by atoms with Crippen LogP contribution in [0.25, 0.3) is 0 Å².